The lowest BCUT2D eigenvalue weighted by molar-refractivity contribution is 0.217. The molecule has 0 heterocycles. The standard InChI is InChI=1S/C13H22N2O5S2/c1-12-4-6-13(7-5-12)22(18,19)15(2)9-8-14-21(16,17)11-10-20-3/h4-7,14H,8-11H2,1-3H3. The van der Waals surface area contributed by atoms with Crippen LogP contribution in [0.15, 0.2) is 29.2 Å². The third kappa shape index (κ3) is 5.65. The molecule has 0 aliphatic heterocycles. The number of hydrogen-bond donors (Lipinski definition) is 1. The molecule has 0 atom stereocenters. The van der Waals surface area contributed by atoms with Gasteiger partial charge in [0.1, 0.15) is 0 Å². The number of likely N-dealkylation sites (N-methyl/N-ethyl adjacent to an activating group) is 1. The molecule has 0 fully saturated rings. The fourth-order valence-corrected chi connectivity index (χ4v) is 3.74. The van der Waals surface area contributed by atoms with E-state index in [0.29, 0.717) is 0 Å². The Morgan fingerprint density at radius 1 is 1.14 bits per heavy atom. The van der Waals surface area contributed by atoms with Gasteiger partial charge in [-0.15, -0.1) is 0 Å². The third-order valence-electron chi connectivity index (χ3n) is 3.03. The highest BCUT2D eigenvalue weighted by Gasteiger charge is 2.20. The maximum Gasteiger partial charge on any atom is 0.242 e. The lowest BCUT2D eigenvalue weighted by Gasteiger charge is -2.17. The van der Waals surface area contributed by atoms with E-state index in [0.717, 1.165) is 9.87 Å². The van der Waals surface area contributed by atoms with Crippen molar-refractivity contribution in [3.05, 3.63) is 29.8 Å². The molecule has 0 bridgehead atoms. The number of hydrogen-bond acceptors (Lipinski definition) is 5. The fourth-order valence-electron chi connectivity index (χ4n) is 1.63. The van der Waals surface area contributed by atoms with Crippen molar-refractivity contribution in [2.45, 2.75) is 11.8 Å². The Kier molecular flexibility index (Phi) is 6.95. The zero-order valence-corrected chi connectivity index (χ0v) is 14.6. The molecule has 0 aromatic heterocycles. The first-order valence-corrected chi connectivity index (χ1v) is 9.77. The summed E-state index contributed by atoms with van der Waals surface area (Å²) < 4.78 is 55.9. The minimum Gasteiger partial charge on any atom is -0.384 e. The molecule has 9 heteroatoms. The summed E-state index contributed by atoms with van der Waals surface area (Å²) in [4.78, 5) is 0.183. The minimum atomic E-state index is -3.62. The molecule has 1 aromatic rings. The Bertz CT molecular complexity index is 669. The van der Waals surface area contributed by atoms with E-state index >= 15 is 0 Å². The van der Waals surface area contributed by atoms with Crippen LogP contribution < -0.4 is 4.72 Å². The van der Waals surface area contributed by atoms with Gasteiger partial charge < -0.3 is 4.74 Å². The Morgan fingerprint density at radius 3 is 2.27 bits per heavy atom. The number of methoxy groups -OCH3 is 1. The first-order valence-electron chi connectivity index (χ1n) is 6.68. The molecule has 0 saturated heterocycles. The lowest BCUT2D eigenvalue weighted by Crippen LogP contribution is -2.37. The second-order valence-electron chi connectivity index (χ2n) is 4.85. The lowest BCUT2D eigenvalue weighted by atomic mass is 10.2. The van der Waals surface area contributed by atoms with E-state index in [1.807, 2.05) is 6.92 Å². The van der Waals surface area contributed by atoms with Crippen LogP contribution in [-0.2, 0) is 24.8 Å². The zero-order chi connectivity index (χ0) is 16.8. The Balaban J connectivity index is 2.61. The summed E-state index contributed by atoms with van der Waals surface area (Å²) in [5, 5.41) is 0. The van der Waals surface area contributed by atoms with Crippen molar-refractivity contribution in [1.82, 2.24) is 9.03 Å². The molecule has 0 spiro atoms. The summed E-state index contributed by atoms with van der Waals surface area (Å²) in [5.41, 5.74) is 0.965. The van der Waals surface area contributed by atoms with Gasteiger partial charge in [0.2, 0.25) is 20.0 Å². The van der Waals surface area contributed by atoms with Crippen molar-refractivity contribution < 1.29 is 21.6 Å². The summed E-state index contributed by atoms with van der Waals surface area (Å²) in [6, 6.07) is 6.50. The van der Waals surface area contributed by atoms with E-state index in [1.165, 1.54) is 26.3 Å². The number of sulfonamides is 2. The van der Waals surface area contributed by atoms with E-state index in [9.17, 15) is 16.8 Å². The van der Waals surface area contributed by atoms with Gasteiger partial charge in [-0.3, -0.25) is 0 Å². The molecule has 126 valence electrons. The van der Waals surface area contributed by atoms with Crippen molar-refractivity contribution in [2.24, 2.45) is 0 Å². The first-order chi connectivity index (χ1) is 10.2. The minimum absolute atomic E-state index is 0.00758. The molecule has 1 N–H and O–H groups in total. The number of aryl methyl sites for hydroxylation is 1. The second-order valence-corrected chi connectivity index (χ2v) is 8.82. The molecule has 1 aromatic carbocycles. The van der Waals surface area contributed by atoms with Crippen molar-refractivity contribution in [3.63, 3.8) is 0 Å². The highest BCUT2D eigenvalue weighted by molar-refractivity contribution is 7.89. The van der Waals surface area contributed by atoms with Gasteiger partial charge in [0.15, 0.2) is 0 Å². The van der Waals surface area contributed by atoms with E-state index in [1.54, 1.807) is 12.1 Å². The number of nitrogens with one attached hydrogen (secondary N) is 1. The highest BCUT2D eigenvalue weighted by Crippen LogP contribution is 2.14. The van der Waals surface area contributed by atoms with Crippen LogP contribution in [0.3, 0.4) is 0 Å². The SMILES string of the molecule is COCCS(=O)(=O)NCCN(C)S(=O)(=O)c1ccc(C)cc1. The predicted octanol–water partition coefficient (Wildman–Crippen LogP) is 0.181. The molecule has 0 saturated carbocycles. The van der Waals surface area contributed by atoms with Crippen LogP contribution in [-0.4, -0.2) is 60.7 Å². The summed E-state index contributed by atoms with van der Waals surface area (Å²) in [6.07, 6.45) is 0. The smallest absolute Gasteiger partial charge is 0.242 e. The van der Waals surface area contributed by atoms with Gasteiger partial charge in [0, 0.05) is 27.2 Å². The average Bonchev–Trinajstić information content (AvgIpc) is 2.45. The number of nitrogens with zero attached hydrogens (tertiary/aromatic N) is 1. The van der Waals surface area contributed by atoms with Crippen LogP contribution in [0.1, 0.15) is 5.56 Å². The summed E-state index contributed by atoms with van der Waals surface area (Å²) in [5.74, 6) is -0.155. The zero-order valence-electron chi connectivity index (χ0n) is 12.9. The Morgan fingerprint density at radius 2 is 1.73 bits per heavy atom. The molecule has 0 aliphatic rings. The summed E-state index contributed by atoms with van der Waals surface area (Å²) in [6.45, 7) is 2.01. The molecule has 0 radical (unpaired) electrons. The van der Waals surface area contributed by atoms with Crippen molar-refractivity contribution in [3.8, 4) is 0 Å². The molecule has 0 amide bonds. The average molecular weight is 350 g/mol. The van der Waals surface area contributed by atoms with Crippen molar-refractivity contribution in [2.75, 3.05) is 39.6 Å². The van der Waals surface area contributed by atoms with Gasteiger partial charge in [-0.25, -0.2) is 21.6 Å². The number of benzene rings is 1. The molecular weight excluding hydrogens is 328 g/mol. The summed E-state index contributed by atoms with van der Waals surface area (Å²) in [7, 11) is -4.24. The predicted molar refractivity (Wildman–Crippen MR) is 84.7 cm³/mol. The van der Waals surface area contributed by atoms with Crippen LogP contribution in [0.5, 0.6) is 0 Å². The van der Waals surface area contributed by atoms with Crippen LogP contribution in [0.4, 0.5) is 0 Å². The van der Waals surface area contributed by atoms with Crippen LogP contribution in [0.25, 0.3) is 0 Å². The van der Waals surface area contributed by atoms with Crippen LogP contribution >= 0.6 is 0 Å². The van der Waals surface area contributed by atoms with Gasteiger partial charge in [-0.1, -0.05) is 17.7 Å². The van der Waals surface area contributed by atoms with E-state index in [4.69, 9.17) is 4.74 Å². The van der Waals surface area contributed by atoms with Crippen molar-refractivity contribution >= 4 is 20.0 Å². The molecular formula is C13H22N2O5S2. The fraction of sp³-hybridized carbons (Fsp3) is 0.538. The highest BCUT2D eigenvalue weighted by atomic mass is 32.2. The maximum atomic E-state index is 12.3. The quantitative estimate of drug-likeness (QED) is 0.686. The molecule has 22 heavy (non-hydrogen) atoms. The molecule has 7 nitrogen and oxygen atoms in total. The van der Waals surface area contributed by atoms with E-state index in [-0.39, 0.29) is 30.3 Å². The number of rotatable bonds is 9. The Labute approximate surface area is 132 Å². The topological polar surface area (TPSA) is 92.8 Å². The second kappa shape index (κ2) is 8.02. The van der Waals surface area contributed by atoms with Gasteiger partial charge >= 0.3 is 0 Å². The maximum absolute atomic E-state index is 12.3. The molecule has 1 rings (SSSR count). The monoisotopic (exact) mass is 350 g/mol. The van der Waals surface area contributed by atoms with Gasteiger partial charge in [-0.2, -0.15) is 4.31 Å². The van der Waals surface area contributed by atoms with Crippen LogP contribution in [0.2, 0.25) is 0 Å². The number of ether oxygens (including phenoxy) is 1. The van der Waals surface area contributed by atoms with E-state index < -0.39 is 20.0 Å². The summed E-state index contributed by atoms with van der Waals surface area (Å²) >= 11 is 0. The molecule has 0 aliphatic carbocycles. The van der Waals surface area contributed by atoms with Gasteiger partial charge in [0.05, 0.1) is 17.3 Å². The van der Waals surface area contributed by atoms with Gasteiger partial charge in [-0.05, 0) is 19.1 Å². The van der Waals surface area contributed by atoms with Gasteiger partial charge in [0.25, 0.3) is 0 Å². The third-order valence-corrected chi connectivity index (χ3v) is 6.25. The largest absolute Gasteiger partial charge is 0.384 e. The van der Waals surface area contributed by atoms with Crippen LogP contribution in [0, 0.1) is 6.92 Å². The normalized spacial score (nSPS) is 12.7. The first kappa shape index (κ1) is 19.0. The van der Waals surface area contributed by atoms with Crippen molar-refractivity contribution in [1.29, 1.82) is 0 Å². The Hall–Kier alpha value is -1.00. The molecule has 0 unspecified atom stereocenters. The van der Waals surface area contributed by atoms with E-state index in [2.05, 4.69) is 4.72 Å².